The molecule has 5 N–H and O–H groups in total. The van der Waals surface area contributed by atoms with Crippen LogP contribution in [0.3, 0.4) is 0 Å². The van der Waals surface area contributed by atoms with Gasteiger partial charge in [-0.2, -0.15) is 0 Å². The summed E-state index contributed by atoms with van der Waals surface area (Å²) in [5.74, 6) is -0.832. The first-order chi connectivity index (χ1) is 9.92. The van der Waals surface area contributed by atoms with E-state index in [1.165, 1.54) is 0 Å². The van der Waals surface area contributed by atoms with Crippen LogP contribution >= 0.6 is 0 Å². The van der Waals surface area contributed by atoms with Crippen LogP contribution in [0.4, 0.5) is 4.79 Å². The maximum absolute atomic E-state index is 11.5. The number of aromatic nitrogens is 1. The number of hydrogen-bond donors (Lipinski definition) is 4. The van der Waals surface area contributed by atoms with E-state index in [1.807, 2.05) is 27.0 Å². The zero-order valence-electron chi connectivity index (χ0n) is 13.6. The molecule has 0 bridgehead atoms. The molecule has 124 valence electrons. The second-order valence-electron chi connectivity index (χ2n) is 5.63. The van der Waals surface area contributed by atoms with Crippen molar-refractivity contribution in [3.63, 3.8) is 0 Å². The third-order valence-electron chi connectivity index (χ3n) is 2.17. The summed E-state index contributed by atoms with van der Waals surface area (Å²) in [6.45, 7) is 6.85. The smallest absolute Gasteiger partial charge is 0.407 e. The highest BCUT2D eigenvalue weighted by atomic mass is 16.6. The van der Waals surface area contributed by atoms with E-state index in [0.29, 0.717) is 12.2 Å². The van der Waals surface area contributed by atoms with Gasteiger partial charge in [0, 0.05) is 26.7 Å². The molecule has 0 saturated heterocycles. The van der Waals surface area contributed by atoms with Crippen molar-refractivity contribution in [3.8, 4) is 0 Å². The Kier molecular flexibility index (Phi) is 7.14. The fourth-order valence-corrected chi connectivity index (χ4v) is 1.49. The standard InChI is InChI=1S/C12H20N4O2.C2H4O2/c1-12(2,3)18-11(17)15-6-8-5-9(10(13)14)16(4)7-8;1-2(3)4/h5,7H,6H2,1-4H3,(H3,13,14)(H,15,17);1H3,(H,3,4). The Morgan fingerprint density at radius 2 is 1.95 bits per heavy atom. The lowest BCUT2D eigenvalue weighted by molar-refractivity contribution is -0.134. The number of carboxylic acid groups (broad SMARTS) is 1. The first-order valence-corrected chi connectivity index (χ1v) is 6.58. The molecular weight excluding hydrogens is 288 g/mol. The monoisotopic (exact) mass is 312 g/mol. The summed E-state index contributed by atoms with van der Waals surface area (Å²) in [4.78, 5) is 20.5. The number of nitrogen functional groups attached to an aromatic ring is 1. The number of aryl methyl sites for hydroxylation is 1. The minimum atomic E-state index is -0.833. The highest BCUT2D eigenvalue weighted by molar-refractivity contribution is 5.93. The minimum Gasteiger partial charge on any atom is -0.481 e. The van der Waals surface area contributed by atoms with E-state index in [4.69, 9.17) is 25.8 Å². The summed E-state index contributed by atoms with van der Waals surface area (Å²) < 4.78 is 6.86. The lowest BCUT2D eigenvalue weighted by atomic mass is 10.2. The van der Waals surface area contributed by atoms with Gasteiger partial charge in [0.25, 0.3) is 5.97 Å². The van der Waals surface area contributed by atoms with Gasteiger partial charge in [-0.05, 0) is 32.4 Å². The zero-order chi connectivity index (χ0) is 17.5. The number of nitrogens with one attached hydrogen (secondary N) is 2. The summed E-state index contributed by atoms with van der Waals surface area (Å²) in [7, 11) is 1.80. The molecule has 1 rings (SSSR count). The van der Waals surface area contributed by atoms with Crippen LogP contribution in [0.1, 0.15) is 39.0 Å². The van der Waals surface area contributed by atoms with Crippen LogP contribution in [0, 0.1) is 5.41 Å². The van der Waals surface area contributed by atoms with Crippen LogP contribution in [-0.2, 0) is 23.1 Å². The van der Waals surface area contributed by atoms with Gasteiger partial charge in [-0.1, -0.05) is 0 Å². The molecule has 8 nitrogen and oxygen atoms in total. The van der Waals surface area contributed by atoms with Crippen molar-refractivity contribution in [2.45, 2.75) is 39.8 Å². The molecule has 0 aliphatic rings. The quantitative estimate of drug-likeness (QED) is 0.495. The average Bonchev–Trinajstić information content (AvgIpc) is 2.65. The molecule has 0 fully saturated rings. The molecule has 1 heterocycles. The Labute approximate surface area is 129 Å². The summed E-state index contributed by atoms with van der Waals surface area (Å²) in [6, 6.07) is 1.76. The number of amides is 1. The van der Waals surface area contributed by atoms with Gasteiger partial charge in [0.05, 0.1) is 5.69 Å². The van der Waals surface area contributed by atoms with Crippen molar-refractivity contribution < 1.29 is 19.4 Å². The molecule has 0 spiro atoms. The molecule has 0 aromatic carbocycles. The van der Waals surface area contributed by atoms with E-state index in [-0.39, 0.29) is 5.84 Å². The fourth-order valence-electron chi connectivity index (χ4n) is 1.49. The predicted octanol–water partition coefficient (Wildman–Crippen LogP) is 1.42. The fraction of sp³-hybridized carbons (Fsp3) is 0.500. The Morgan fingerprint density at radius 1 is 1.45 bits per heavy atom. The topological polar surface area (TPSA) is 130 Å². The first-order valence-electron chi connectivity index (χ1n) is 6.58. The van der Waals surface area contributed by atoms with Crippen LogP contribution in [0.25, 0.3) is 0 Å². The molecule has 0 atom stereocenters. The molecule has 0 radical (unpaired) electrons. The number of hydrogen-bond acceptors (Lipinski definition) is 4. The predicted molar refractivity (Wildman–Crippen MR) is 82.8 cm³/mol. The SMILES string of the molecule is CC(=O)O.Cn1cc(CNC(=O)OC(C)(C)C)cc1C(=N)N. The molecule has 0 unspecified atom stereocenters. The Balaban J connectivity index is 0.000000980. The maximum atomic E-state index is 11.5. The molecule has 0 aliphatic carbocycles. The van der Waals surface area contributed by atoms with E-state index in [2.05, 4.69) is 5.32 Å². The van der Waals surface area contributed by atoms with Gasteiger partial charge in [-0.25, -0.2) is 4.79 Å². The first kappa shape index (κ1) is 19.5. The van der Waals surface area contributed by atoms with Gasteiger partial charge < -0.3 is 25.5 Å². The van der Waals surface area contributed by atoms with Crippen molar-refractivity contribution in [2.24, 2.45) is 12.8 Å². The Morgan fingerprint density at radius 3 is 2.32 bits per heavy atom. The molecule has 0 saturated carbocycles. The minimum absolute atomic E-state index is 0.000943. The van der Waals surface area contributed by atoms with Crippen molar-refractivity contribution in [2.75, 3.05) is 0 Å². The third kappa shape index (κ3) is 8.62. The second-order valence-corrected chi connectivity index (χ2v) is 5.63. The number of alkyl carbamates (subject to hydrolysis) is 1. The summed E-state index contributed by atoms with van der Waals surface area (Å²) in [5.41, 5.74) is 6.40. The number of carbonyl (C=O) groups excluding carboxylic acids is 1. The molecule has 1 amide bonds. The Hall–Kier alpha value is -2.51. The largest absolute Gasteiger partial charge is 0.481 e. The van der Waals surface area contributed by atoms with E-state index in [9.17, 15) is 4.79 Å². The number of aliphatic carboxylic acids is 1. The van der Waals surface area contributed by atoms with Crippen molar-refractivity contribution in [3.05, 3.63) is 23.5 Å². The average molecular weight is 312 g/mol. The highest BCUT2D eigenvalue weighted by Crippen LogP contribution is 2.09. The van der Waals surface area contributed by atoms with Crippen LogP contribution in [0.15, 0.2) is 12.3 Å². The summed E-state index contributed by atoms with van der Waals surface area (Å²) in [6.07, 6.45) is 1.35. The maximum Gasteiger partial charge on any atom is 0.407 e. The summed E-state index contributed by atoms with van der Waals surface area (Å²) >= 11 is 0. The molecule has 1 aromatic heterocycles. The van der Waals surface area contributed by atoms with E-state index >= 15 is 0 Å². The van der Waals surface area contributed by atoms with Gasteiger partial charge in [-0.15, -0.1) is 0 Å². The van der Waals surface area contributed by atoms with Gasteiger partial charge in [0.2, 0.25) is 0 Å². The number of amidine groups is 1. The van der Waals surface area contributed by atoms with Gasteiger partial charge in [-0.3, -0.25) is 10.2 Å². The van der Waals surface area contributed by atoms with Gasteiger partial charge in [0.1, 0.15) is 11.4 Å². The van der Waals surface area contributed by atoms with E-state index < -0.39 is 17.7 Å². The zero-order valence-corrected chi connectivity index (χ0v) is 13.6. The van der Waals surface area contributed by atoms with Crippen molar-refractivity contribution >= 4 is 17.9 Å². The Bertz CT molecular complexity index is 540. The van der Waals surface area contributed by atoms with Gasteiger partial charge in [0.15, 0.2) is 0 Å². The van der Waals surface area contributed by atoms with Crippen molar-refractivity contribution in [1.29, 1.82) is 5.41 Å². The lowest BCUT2D eigenvalue weighted by Crippen LogP contribution is -2.32. The molecule has 1 aromatic rings. The number of nitrogens with two attached hydrogens (primary N) is 1. The van der Waals surface area contributed by atoms with Crippen molar-refractivity contribution in [1.82, 2.24) is 9.88 Å². The summed E-state index contributed by atoms with van der Waals surface area (Å²) in [5, 5.41) is 17.4. The van der Waals surface area contributed by atoms with Crippen LogP contribution in [0.5, 0.6) is 0 Å². The molecule has 22 heavy (non-hydrogen) atoms. The van der Waals surface area contributed by atoms with E-state index in [1.54, 1.807) is 17.7 Å². The highest BCUT2D eigenvalue weighted by Gasteiger charge is 2.16. The number of rotatable bonds is 3. The molecular formula is C14H24N4O4. The molecule has 0 aliphatic heterocycles. The number of carboxylic acids is 1. The second kappa shape index (κ2) is 8.06. The molecule has 8 heteroatoms. The normalized spacial score (nSPS) is 10.2. The lowest BCUT2D eigenvalue weighted by Gasteiger charge is -2.19. The van der Waals surface area contributed by atoms with Crippen LogP contribution in [-0.4, -0.2) is 33.2 Å². The number of nitrogens with zero attached hydrogens (tertiary/aromatic N) is 1. The van der Waals surface area contributed by atoms with E-state index in [0.717, 1.165) is 12.5 Å². The van der Waals surface area contributed by atoms with Crippen LogP contribution in [0.2, 0.25) is 0 Å². The number of carbonyl (C=O) groups is 2. The third-order valence-corrected chi connectivity index (χ3v) is 2.17. The number of ether oxygens (including phenoxy) is 1. The van der Waals surface area contributed by atoms with Crippen LogP contribution < -0.4 is 11.1 Å². The van der Waals surface area contributed by atoms with Gasteiger partial charge >= 0.3 is 6.09 Å².